The van der Waals surface area contributed by atoms with Crippen molar-refractivity contribution in [1.29, 1.82) is 0 Å². The van der Waals surface area contributed by atoms with Gasteiger partial charge in [-0.1, -0.05) is 10.3 Å². The highest BCUT2D eigenvalue weighted by Crippen LogP contribution is 2.19. The van der Waals surface area contributed by atoms with Crippen molar-refractivity contribution in [2.75, 3.05) is 5.32 Å². The van der Waals surface area contributed by atoms with Gasteiger partial charge in [-0.05, 0) is 19.8 Å². The fourth-order valence-electron chi connectivity index (χ4n) is 1.48. The standard InChI is InChI=1S/C10H14N6O2/c1-6-13-8(18-16-6)4-12-10-15-14-9(17-10)5-11-7-2-3-7/h7,11H,2-5H2,1H3,(H,12,15). The number of rotatable bonds is 6. The lowest BCUT2D eigenvalue weighted by atomic mass is 10.6. The van der Waals surface area contributed by atoms with Crippen LogP contribution in [0.25, 0.3) is 0 Å². The zero-order chi connectivity index (χ0) is 12.4. The number of anilines is 1. The van der Waals surface area contributed by atoms with Gasteiger partial charge in [-0.3, -0.25) is 0 Å². The molecule has 3 rings (SSSR count). The Balaban J connectivity index is 1.49. The maximum absolute atomic E-state index is 5.40. The Bertz CT molecular complexity index is 518. The summed E-state index contributed by atoms with van der Waals surface area (Å²) in [6.45, 7) is 2.75. The molecule has 1 aliphatic rings. The van der Waals surface area contributed by atoms with Crippen LogP contribution in [0.2, 0.25) is 0 Å². The van der Waals surface area contributed by atoms with Crippen molar-refractivity contribution < 1.29 is 8.94 Å². The number of nitrogens with zero attached hydrogens (tertiary/aromatic N) is 4. The Morgan fingerprint density at radius 1 is 1.22 bits per heavy atom. The molecule has 2 heterocycles. The van der Waals surface area contributed by atoms with Crippen molar-refractivity contribution in [3.63, 3.8) is 0 Å². The molecule has 2 aromatic rings. The molecule has 18 heavy (non-hydrogen) atoms. The second-order valence-electron chi connectivity index (χ2n) is 4.25. The summed E-state index contributed by atoms with van der Waals surface area (Å²) in [6.07, 6.45) is 2.46. The highest BCUT2D eigenvalue weighted by Gasteiger charge is 2.21. The molecule has 1 saturated carbocycles. The third kappa shape index (κ3) is 2.83. The van der Waals surface area contributed by atoms with Crippen molar-refractivity contribution in [2.24, 2.45) is 0 Å². The van der Waals surface area contributed by atoms with E-state index in [2.05, 4.69) is 31.0 Å². The zero-order valence-corrected chi connectivity index (χ0v) is 10.0. The normalized spacial score (nSPS) is 14.9. The predicted molar refractivity (Wildman–Crippen MR) is 60.5 cm³/mol. The first-order valence-corrected chi connectivity index (χ1v) is 5.88. The summed E-state index contributed by atoms with van der Waals surface area (Å²) < 4.78 is 10.4. The molecule has 2 N–H and O–H groups in total. The molecule has 0 unspecified atom stereocenters. The first-order valence-electron chi connectivity index (χ1n) is 5.88. The van der Waals surface area contributed by atoms with E-state index in [0.29, 0.717) is 42.8 Å². The van der Waals surface area contributed by atoms with Crippen LogP contribution in [0.1, 0.15) is 30.4 Å². The van der Waals surface area contributed by atoms with Crippen molar-refractivity contribution in [3.8, 4) is 0 Å². The maximum atomic E-state index is 5.40. The molecule has 8 heteroatoms. The highest BCUT2D eigenvalue weighted by molar-refractivity contribution is 5.17. The Morgan fingerprint density at radius 3 is 2.83 bits per heavy atom. The highest BCUT2D eigenvalue weighted by atomic mass is 16.5. The lowest BCUT2D eigenvalue weighted by molar-refractivity contribution is 0.377. The van der Waals surface area contributed by atoms with Crippen LogP contribution in [-0.4, -0.2) is 26.4 Å². The number of nitrogens with one attached hydrogen (secondary N) is 2. The van der Waals surface area contributed by atoms with Gasteiger partial charge in [0.15, 0.2) is 5.82 Å². The summed E-state index contributed by atoms with van der Waals surface area (Å²) in [6, 6.07) is 0.980. The van der Waals surface area contributed by atoms with Gasteiger partial charge in [0, 0.05) is 6.04 Å². The lowest BCUT2D eigenvalue weighted by Gasteiger charge is -1.96. The minimum Gasteiger partial charge on any atom is -0.407 e. The van der Waals surface area contributed by atoms with E-state index >= 15 is 0 Å². The first kappa shape index (κ1) is 11.1. The molecule has 8 nitrogen and oxygen atoms in total. The second kappa shape index (κ2) is 4.73. The molecule has 96 valence electrons. The zero-order valence-electron chi connectivity index (χ0n) is 10.0. The Hall–Kier alpha value is -1.96. The molecule has 1 aliphatic carbocycles. The summed E-state index contributed by atoms with van der Waals surface area (Å²) in [5, 5.41) is 17.7. The number of aromatic nitrogens is 4. The molecule has 0 radical (unpaired) electrons. The molecular weight excluding hydrogens is 236 g/mol. The van der Waals surface area contributed by atoms with Gasteiger partial charge in [0.2, 0.25) is 11.8 Å². The van der Waals surface area contributed by atoms with E-state index in [9.17, 15) is 0 Å². The molecule has 0 atom stereocenters. The quantitative estimate of drug-likeness (QED) is 0.769. The van der Waals surface area contributed by atoms with Crippen LogP contribution in [0, 0.1) is 6.92 Å². The van der Waals surface area contributed by atoms with E-state index in [4.69, 9.17) is 8.94 Å². The number of aryl methyl sites for hydroxylation is 1. The van der Waals surface area contributed by atoms with Gasteiger partial charge < -0.3 is 19.6 Å². The van der Waals surface area contributed by atoms with Gasteiger partial charge in [-0.25, -0.2) is 0 Å². The monoisotopic (exact) mass is 250 g/mol. The lowest BCUT2D eigenvalue weighted by Crippen LogP contribution is -2.15. The Morgan fingerprint density at radius 2 is 2.11 bits per heavy atom. The van der Waals surface area contributed by atoms with E-state index in [1.54, 1.807) is 6.92 Å². The molecule has 1 fully saturated rings. The maximum Gasteiger partial charge on any atom is 0.315 e. The average Bonchev–Trinajstić information content (AvgIpc) is 2.93. The van der Waals surface area contributed by atoms with E-state index in [-0.39, 0.29) is 0 Å². The van der Waals surface area contributed by atoms with Crippen LogP contribution < -0.4 is 10.6 Å². The topological polar surface area (TPSA) is 102 Å². The summed E-state index contributed by atoms with van der Waals surface area (Å²) in [4.78, 5) is 4.06. The van der Waals surface area contributed by atoms with Gasteiger partial charge >= 0.3 is 6.01 Å². The van der Waals surface area contributed by atoms with E-state index in [0.717, 1.165) is 0 Å². The summed E-state index contributed by atoms with van der Waals surface area (Å²) in [7, 11) is 0. The van der Waals surface area contributed by atoms with Crippen molar-refractivity contribution >= 4 is 6.01 Å². The van der Waals surface area contributed by atoms with E-state index < -0.39 is 0 Å². The fraction of sp³-hybridized carbons (Fsp3) is 0.600. The molecule has 0 amide bonds. The SMILES string of the molecule is Cc1noc(CNc2nnc(CNC3CC3)o2)n1. The molecule has 0 bridgehead atoms. The molecule has 0 aliphatic heterocycles. The van der Waals surface area contributed by atoms with Crippen LogP contribution in [0.3, 0.4) is 0 Å². The smallest absolute Gasteiger partial charge is 0.315 e. The van der Waals surface area contributed by atoms with Crippen LogP contribution in [0.15, 0.2) is 8.94 Å². The van der Waals surface area contributed by atoms with Crippen LogP contribution in [0.5, 0.6) is 0 Å². The minimum atomic E-state index is 0.360. The van der Waals surface area contributed by atoms with E-state index in [1.165, 1.54) is 12.8 Å². The van der Waals surface area contributed by atoms with Gasteiger partial charge in [0.05, 0.1) is 13.1 Å². The van der Waals surface area contributed by atoms with Crippen LogP contribution >= 0.6 is 0 Å². The first-order chi connectivity index (χ1) is 8.79. The molecule has 0 aromatic carbocycles. The molecule has 2 aromatic heterocycles. The minimum absolute atomic E-state index is 0.360. The van der Waals surface area contributed by atoms with Gasteiger partial charge in [-0.2, -0.15) is 4.98 Å². The van der Waals surface area contributed by atoms with Crippen molar-refractivity contribution in [3.05, 3.63) is 17.6 Å². The van der Waals surface area contributed by atoms with Crippen molar-refractivity contribution in [1.82, 2.24) is 25.7 Å². The average molecular weight is 250 g/mol. The largest absolute Gasteiger partial charge is 0.407 e. The van der Waals surface area contributed by atoms with Gasteiger partial charge in [-0.15, -0.1) is 5.10 Å². The number of hydrogen-bond acceptors (Lipinski definition) is 8. The summed E-state index contributed by atoms with van der Waals surface area (Å²) >= 11 is 0. The molecular formula is C10H14N6O2. The third-order valence-corrected chi connectivity index (χ3v) is 2.55. The van der Waals surface area contributed by atoms with Gasteiger partial charge in [0.1, 0.15) is 0 Å². The van der Waals surface area contributed by atoms with Crippen LogP contribution in [0.4, 0.5) is 6.01 Å². The van der Waals surface area contributed by atoms with E-state index in [1.807, 2.05) is 0 Å². The number of hydrogen-bond donors (Lipinski definition) is 2. The van der Waals surface area contributed by atoms with Crippen molar-refractivity contribution in [2.45, 2.75) is 38.9 Å². The predicted octanol–water partition coefficient (Wildman–Crippen LogP) is 0.625. The molecule has 0 spiro atoms. The third-order valence-electron chi connectivity index (χ3n) is 2.55. The second-order valence-corrected chi connectivity index (χ2v) is 4.25. The summed E-state index contributed by atoms with van der Waals surface area (Å²) in [5.41, 5.74) is 0. The summed E-state index contributed by atoms with van der Waals surface area (Å²) in [5.74, 6) is 1.67. The van der Waals surface area contributed by atoms with Gasteiger partial charge in [0.25, 0.3) is 0 Å². The Kier molecular flexibility index (Phi) is 2.93. The van der Waals surface area contributed by atoms with Crippen LogP contribution in [-0.2, 0) is 13.1 Å². The molecule has 0 saturated heterocycles. The fourth-order valence-corrected chi connectivity index (χ4v) is 1.48. The Labute approximate surface area is 103 Å².